The highest BCUT2D eigenvalue weighted by Crippen LogP contribution is 2.39. The summed E-state index contributed by atoms with van der Waals surface area (Å²) < 4.78 is 6.01. The van der Waals surface area contributed by atoms with Crippen LogP contribution in [0.4, 0.5) is 11.5 Å². The van der Waals surface area contributed by atoms with Gasteiger partial charge in [0.2, 0.25) is 5.89 Å². The van der Waals surface area contributed by atoms with Gasteiger partial charge in [0.1, 0.15) is 17.1 Å². The summed E-state index contributed by atoms with van der Waals surface area (Å²) in [6, 6.07) is 17.1. The average Bonchev–Trinajstić information content (AvgIpc) is 3.67. The second kappa shape index (κ2) is 12.1. The Balaban J connectivity index is 1.22. The Bertz CT molecular complexity index is 2170. The number of nitrogens with zero attached hydrogens (tertiary/aromatic N) is 6. The third-order valence-corrected chi connectivity index (χ3v) is 8.70. The van der Waals surface area contributed by atoms with Gasteiger partial charge in [0.05, 0.1) is 34.6 Å². The molecule has 11 heteroatoms. The van der Waals surface area contributed by atoms with E-state index in [0.29, 0.717) is 45.3 Å². The third kappa shape index (κ3) is 5.55. The van der Waals surface area contributed by atoms with Crippen LogP contribution in [0, 0.1) is 25.2 Å². The number of fused-ring (bicyclic) bond motifs is 2. The Labute approximate surface area is 270 Å². The number of aliphatic hydroxyl groups is 2. The zero-order chi connectivity index (χ0) is 31.9. The number of oxazole rings is 1. The van der Waals surface area contributed by atoms with Crippen molar-refractivity contribution in [2.24, 2.45) is 0 Å². The van der Waals surface area contributed by atoms with Crippen LogP contribution in [-0.4, -0.2) is 54.2 Å². The highest BCUT2D eigenvalue weighted by molar-refractivity contribution is 6.35. The smallest absolute Gasteiger partial charge is 0.229 e. The lowest BCUT2D eigenvalue weighted by atomic mass is 10.0. The van der Waals surface area contributed by atoms with Gasteiger partial charge in [-0.3, -0.25) is 14.9 Å². The molecular formula is C35H30ClN7O3. The van der Waals surface area contributed by atoms with E-state index < -0.39 is 0 Å². The van der Waals surface area contributed by atoms with Gasteiger partial charge in [0, 0.05) is 54.4 Å². The van der Waals surface area contributed by atoms with Crippen molar-refractivity contribution in [1.29, 1.82) is 5.26 Å². The summed E-state index contributed by atoms with van der Waals surface area (Å²) in [4.78, 5) is 21.0. The van der Waals surface area contributed by atoms with E-state index in [2.05, 4.69) is 32.3 Å². The van der Waals surface area contributed by atoms with Crippen molar-refractivity contribution in [2.75, 3.05) is 18.4 Å². The molecule has 1 aliphatic rings. The summed E-state index contributed by atoms with van der Waals surface area (Å²) in [6.07, 6.45) is 4.06. The molecular weight excluding hydrogens is 602 g/mol. The van der Waals surface area contributed by atoms with E-state index in [-0.39, 0.29) is 24.2 Å². The summed E-state index contributed by atoms with van der Waals surface area (Å²) in [5, 5.41) is 34.0. The molecule has 2 aromatic carbocycles. The predicted molar refractivity (Wildman–Crippen MR) is 177 cm³/mol. The van der Waals surface area contributed by atoms with E-state index >= 15 is 0 Å². The SMILES string of the molecule is Cc1cc2cc(CN3CC[C@@H](O)C3)cnc2c(Nc2cccc(-c3nccc(-c4nc5cc(CO)cc(C#N)c5o4)c3Cl)c2C)n1. The molecule has 0 bridgehead atoms. The number of anilines is 2. The lowest BCUT2D eigenvalue weighted by Crippen LogP contribution is -2.21. The number of nitriles is 1. The molecule has 10 nitrogen and oxygen atoms in total. The van der Waals surface area contributed by atoms with Gasteiger partial charge in [-0.05, 0) is 73.4 Å². The number of rotatable bonds is 7. The van der Waals surface area contributed by atoms with Gasteiger partial charge in [0.25, 0.3) is 0 Å². The maximum absolute atomic E-state index is 9.91. The minimum absolute atomic E-state index is 0.216. The molecule has 4 aromatic heterocycles. The Kier molecular flexibility index (Phi) is 7.84. The van der Waals surface area contributed by atoms with Crippen LogP contribution >= 0.6 is 11.6 Å². The van der Waals surface area contributed by atoms with Crippen LogP contribution in [0.15, 0.2) is 65.3 Å². The van der Waals surface area contributed by atoms with Crippen molar-refractivity contribution in [2.45, 2.75) is 39.5 Å². The number of hydrogen-bond donors (Lipinski definition) is 3. The van der Waals surface area contributed by atoms with Crippen molar-refractivity contribution >= 4 is 45.1 Å². The number of hydrogen-bond acceptors (Lipinski definition) is 10. The van der Waals surface area contributed by atoms with Crippen LogP contribution in [0.25, 0.3) is 44.7 Å². The van der Waals surface area contributed by atoms with Crippen LogP contribution in [0.2, 0.25) is 5.02 Å². The number of halogens is 1. The first kappa shape index (κ1) is 29.8. The van der Waals surface area contributed by atoms with Gasteiger partial charge in [-0.25, -0.2) is 9.97 Å². The molecule has 0 spiro atoms. The van der Waals surface area contributed by atoms with E-state index in [4.69, 9.17) is 26.0 Å². The normalized spacial score (nSPS) is 15.1. The first-order valence-corrected chi connectivity index (χ1v) is 15.3. The minimum atomic E-state index is -0.261. The number of nitrogens with one attached hydrogen (secondary N) is 1. The van der Waals surface area contributed by atoms with Crippen molar-refractivity contribution in [1.82, 2.24) is 24.8 Å². The molecule has 3 N–H and O–H groups in total. The van der Waals surface area contributed by atoms with Crippen molar-refractivity contribution in [3.05, 3.63) is 93.9 Å². The number of β-amino-alcohol motifs (C(OH)–C–C–N with tert-alkyl or cyclic N) is 1. The fourth-order valence-corrected chi connectivity index (χ4v) is 6.34. The highest BCUT2D eigenvalue weighted by Gasteiger charge is 2.22. The summed E-state index contributed by atoms with van der Waals surface area (Å²) in [5.41, 5.74) is 8.00. The molecule has 1 aliphatic heterocycles. The second-order valence-corrected chi connectivity index (χ2v) is 12.0. The predicted octanol–water partition coefficient (Wildman–Crippen LogP) is 6.44. The zero-order valence-electron chi connectivity index (χ0n) is 25.3. The average molecular weight is 632 g/mol. The first-order chi connectivity index (χ1) is 22.3. The van der Waals surface area contributed by atoms with Crippen molar-refractivity contribution in [3.63, 3.8) is 0 Å². The van der Waals surface area contributed by atoms with Crippen LogP contribution in [0.3, 0.4) is 0 Å². The number of likely N-dealkylation sites (tertiary alicyclic amines) is 1. The number of benzene rings is 2. The van der Waals surface area contributed by atoms with Gasteiger partial charge in [-0.15, -0.1) is 0 Å². The van der Waals surface area contributed by atoms with Crippen molar-refractivity contribution in [3.8, 4) is 28.8 Å². The number of pyridine rings is 3. The number of aliphatic hydroxyl groups excluding tert-OH is 2. The highest BCUT2D eigenvalue weighted by atomic mass is 35.5. The topological polar surface area (TPSA) is 144 Å². The Morgan fingerprint density at radius 2 is 1.96 bits per heavy atom. The van der Waals surface area contributed by atoms with Gasteiger partial charge >= 0.3 is 0 Å². The van der Waals surface area contributed by atoms with Crippen LogP contribution in [0.1, 0.15) is 34.4 Å². The first-order valence-electron chi connectivity index (χ1n) is 14.9. The molecule has 0 saturated carbocycles. The summed E-state index contributed by atoms with van der Waals surface area (Å²) in [6.45, 7) is 6.03. The molecule has 0 radical (unpaired) electrons. The fraction of sp³-hybridized carbons (Fsp3) is 0.229. The minimum Gasteiger partial charge on any atom is -0.435 e. The van der Waals surface area contributed by atoms with Crippen LogP contribution in [-0.2, 0) is 13.2 Å². The Morgan fingerprint density at radius 3 is 2.74 bits per heavy atom. The van der Waals surface area contributed by atoms with Gasteiger partial charge in [0.15, 0.2) is 11.4 Å². The Morgan fingerprint density at radius 1 is 1.09 bits per heavy atom. The van der Waals surface area contributed by atoms with Gasteiger partial charge in [-0.2, -0.15) is 5.26 Å². The van der Waals surface area contributed by atoms with Crippen molar-refractivity contribution < 1.29 is 14.6 Å². The van der Waals surface area contributed by atoms with Crippen LogP contribution < -0.4 is 5.32 Å². The molecule has 1 fully saturated rings. The van der Waals surface area contributed by atoms with E-state index in [1.807, 2.05) is 44.3 Å². The lowest BCUT2D eigenvalue weighted by molar-refractivity contribution is 0.175. The second-order valence-electron chi connectivity index (χ2n) is 11.6. The van der Waals surface area contributed by atoms with Gasteiger partial charge in [-0.1, -0.05) is 23.7 Å². The maximum atomic E-state index is 9.91. The molecule has 7 rings (SSSR count). The molecule has 46 heavy (non-hydrogen) atoms. The van der Waals surface area contributed by atoms with E-state index in [9.17, 15) is 15.5 Å². The monoisotopic (exact) mass is 631 g/mol. The third-order valence-electron chi connectivity index (χ3n) is 8.32. The summed E-state index contributed by atoms with van der Waals surface area (Å²) in [5.74, 6) is 0.900. The molecule has 1 atom stereocenters. The Hall–Kier alpha value is -4.92. The molecule has 0 aliphatic carbocycles. The van der Waals surface area contributed by atoms with E-state index in [1.165, 1.54) is 0 Å². The quantitative estimate of drug-likeness (QED) is 0.180. The number of aryl methyl sites for hydroxylation is 1. The molecule has 1 saturated heterocycles. The molecule has 5 heterocycles. The largest absolute Gasteiger partial charge is 0.435 e. The van der Waals surface area contributed by atoms with Crippen LogP contribution in [0.5, 0.6) is 0 Å². The maximum Gasteiger partial charge on any atom is 0.229 e. The van der Waals surface area contributed by atoms with Gasteiger partial charge < -0.3 is 19.9 Å². The number of aromatic nitrogens is 4. The van der Waals surface area contributed by atoms with E-state index in [1.54, 1.807) is 24.4 Å². The standard InChI is InChI=1S/C35H30ClN7O3/c1-19-10-23-12-22(16-43-9-7-25(45)17-43)15-39-31(23)34(40-19)41-28-5-3-4-26(20(28)2)32-30(36)27(6-8-38-32)35-42-29-13-21(18-44)11-24(14-37)33(29)46-35/h3-6,8,10-13,15,25,44-45H,7,9,16-18H2,1-2H3,(H,40,41)/t25-/m1/s1. The lowest BCUT2D eigenvalue weighted by Gasteiger charge is -2.17. The zero-order valence-corrected chi connectivity index (χ0v) is 26.0. The molecule has 0 unspecified atom stereocenters. The molecule has 230 valence electrons. The summed E-state index contributed by atoms with van der Waals surface area (Å²) >= 11 is 6.98. The van der Waals surface area contributed by atoms with E-state index in [0.717, 1.165) is 58.5 Å². The molecule has 6 aromatic rings. The molecule has 0 amide bonds. The fourth-order valence-electron chi connectivity index (χ4n) is 6.04. The summed E-state index contributed by atoms with van der Waals surface area (Å²) in [7, 11) is 0.